The molecule has 0 bridgehead atoms. The summed E-state index contributed by atoms with van der Waals surface area (Å²) in [4.78, 5) is 16.9. The van der Waals surface area contributed by atoms with Crippen LogP contribution in [0.1, 0.15) is 51.0 Å². The lowest BCUT2D eigenvalue weighted by Gasteiger charge is -2.49. The van der Waals surface area contributed by atoms with E-state index in [1.54, 1.807) is 6.07 Å². The van der Waals surface area contributed by atoms with Crippen LogP contribution in [0.25, 0.3) is 10.9 Å². The van der Waals surface area contributed by atoms with Gasteiger partial charge in [-0.1, -0.05) is 24.3 Å². The van der Waals surface area contributed by atoms with Gasteiger partial charge in [0.2, 0.25) is 0 Å². The first-order valence-electron chi connectivity index (χ1n) is 8.23. The molecule has 0 N–H and O–H groups in total. The Hall–Kier alpha value is -1.98. The van der Waals surface area contributed by atoms with E-state index in [4.69, 9.17) is 4.74 Å². The summed E-state index contributed by atoms with van der Waals surface area (Å²) in [7, 11) is 0. The summed E-state index contributed by atoms with van der Waals surface area (Å²) < 4.78 is 5.68. The minimum Gasteiger partial charge on any atom is -0.458 e. The zero-order chi connectivity index (χ0) is 17.5. The SMILES string of the molecule is CC1(C)CC(OC(=O)c2ccc3ccccc3n2)CC(C)(C)N1[O]. The summed E-state index contributed by atoms with van der Waals surface area (Å²) in [6.45, 7) is 7.54. The molecule has 1 aliphatic heterocycles. The molecule has 0 aliphatic carbocycles. The first kappa shape index (κ1) is 16.9. The van der Waals surface area contributed by atoms with Crippen molar-refractivity contribution >= 4 is 16.9 Å². The van der Waals surface area contributed by atoms with Crippen LogP contribution < -0.4 is 0 Å². The number of para-hydroxylation sites is 1. The van der Waals surface area contributed by atoms with E-state index in [-0.39, 0.29) is 6.10 Å². The van der Waals surface area contributed by atoms with Gasteiger partial charge >= 0.3 is 5.97 Å². The van der Waals surface area contributed by atoms with Gasteiger partial charge in [-0.15, -0.1) is 10.3 Å². The van der Waals surface area contributed by atoms with Gasteiger partial charge in [0.15, 0.2) is 0 Å². The van der Waals surface area contributed by atoms with Crippen molar-refractivity contribution in [1.82, 2.24) is 10.0 Å². The Balaban J connectivity index is 1.78. The number of hydrogen-bond donors (Lipinski definition) is 0. The number of pyridine rings is 1. The lowest BCUT2D eigenvalue weighted by atomic mass is 9.80. The highest BCUT2D eigenvalue weighted by Gasteiger charge is 2.47. The average molecular weight is 327 g/mol. The molecule has 127 valence electrons. The van der Waals surface area contributed by atoms with Crippen molar-refractivity contribution in [2.24, 2.45) is 0 Å². The zero-order valence-corrected chi connectivity index (χ0v) is 14.6. The molecule has 5 heteroatoms. The summed E-state index contributed by atoms with van der Waals surface area (Å²) in [5, 5.41) is 14.5. The van der Waals surface area contributed by atoms with E-state index in [0.29, 0.717) is 18.5 Å². The van der Waals surface area contributed by atoms with Crippen LogP contribution in [0.5, 0.6) is 0 Å². The smallest absolute Gasteiger partial charge is 0.357 e. The number of esters is 1. The molecule has 1 aliphatic rings. The molecule has 0 saturated carbocycles. The predicted molar refractivity (Wildman–Crippen MR) is 90.9 cm³/mol. The second kappa shape index (κ2) is 5.83. The van der Waals surface area contributed by atoms with Gasteiger partial charge in [-0.2, -0.15) is 0 Å². The Kier molecular flexibility index (Phi) is 4.10. The molecule has 3 rings (SSSR count). The summed E-state index contributed by atoms with van der Waals surface area (Å²) in [5.74, 6) is -0.434. The van der Waals surface area contributed by atoms with Crippen LogP contribution in [-0.4, -0.2) is 33.2 Å². The molecule has 1 saturated heterocycles. The molecule has 0 spiro atoms. The fourth-order valence-electron chi connectivity index (χ4n) is 3.65. The quantitative estimate of drug-likeness (QED) is 0.788. The fraction of sp³-hybridized carbons (Fsp3) is 0.474. The number of benzene rings is 1. The largest absolute Gasteiger partial charge is 0.458 e. The van der Waals surface area contributed by atoms with Gasteiger partial charge in [0.05, 0.1) is 5.52 Å². The van der Waals surface area contributed by atoms with E-state index >= 15 is 0 Å². The van der Waals surface area contributed by atoms with Crippen molar-refractivity contribution in [3.8, 4) is 0 Å². The van der Waals surface area contributed by atoms with Gasteiger partial charge in [0.1, 0.15) is 11.8 Å². The molecule has 1 aromatic heterocycles. The molecule has 2 aromatic rings. The van der Waals surface area contributed by atoms with Gasteiger partial charge in [-0.25, -0.2) is 9.78 Å². The molecule has 1 fully saturated rings. The number of fused-ring (bicyclic) bond motifs is 1. The Morgan fingerprint density at radius 1 is 1.08 bits per heavy atom. The van der Waals surface area contributed by atoms with E-state index in [2.05, 4.69) is 4.98 Å². The summed E-state index contributed by atoms with van der Waals surface area (Å²) >= 11 is 0. The molecule has 0 unspecified atom stereocenters. The van der Waals surface area contributed by atoms with Crippen LogP contribution in [0.4, 0.5) is 0 Å². The molecule has 1 aromatic carbocycles. The van der Waals surface area contributed by atoms with Crippen LogP contribution in [0.2, 0.25) is 0 Å². The number of piperidine rings is 1. The Morgan fingerprint density at radius 2 is 1.71 bits per heavy atom. The third-order valence-corrected chi connectivity index (χ3v) is 4.64. The molecule has 5 nitrogen and oxygen atoms in total. The van der Waals surface area contributed by atoms with Crippen LogP contribution in [0.3, 0.4) is 0 Å². The molecule has 2 heterocycles. The summed E-state index contributed by atoms with van der Waals surface area (Å²) in [5.41, 5.74) is -0.0663. The van der Waals surface area contributed by atoms with Crippen LogP contribution >= 0.6 is 0 Å². The van der Waals surface area contributed by atoms with Crippen molar-refractivity contribution in [2.45, 2.75) is 57.7 Å². The normalized spacial score (nSPS) is 20.9. The van der Waals surface area contributed by atoms with E-state index in [0.717, 1.165) is 16.0 Å². The topological polar surface area (TPSA) is 62.3 Å². The molecule has 0 atom stereocenters. The van der Waals surface area contributed by atoms with Crippen LogP contribution in [-0.2, 0) is 9.94 Å². The lowest BCUT2D eigenvalue weighted by molar-refractivity contribution is -0.298. The Bertz CT molecular complexity index is 752. The van der Waals surface area contributed by atoms with Crippen molar-refractivity contribution in [3.05, 3.63) is 42.1 Å². The minimum absolute atomic E-state index is 0.291. The van der Waals surface area contributed by atoms with Crippen molar-refractivity contribution in [2.75, 3.05) is 0 Å². The highest BCUT2D eigenvalue weighted by molar-refractivity contribution is 5.91. The number of carbonyl (C=O) groups excluding carboxylic acids is 1. The first-order chi connectivity index (χ1) is 11.2. The van der Waals surface area contributed by atoms with Gasteiger partial charge in [0.25, 0.3) is 0 Å². The fourth-order valence-corrected chi connectivity index (χ4v) is 3.65. The van der Waals surface area contributed by atoms with Crippen LogP contribution in [0, 0.1) is 0 Å². The maximum Gasteiger partial charge on any atom is 0.357 e. The average Bonchev–Trinajstić information content (AvgIpc) is 2.51. The lowest BCUT2D eigenvalue weighted by Crippen LogP contribution is -2.60. The van der Waals surface area contributed by atoms with Crippen molar-refractivity contribution < 1.29 is 14.7 Å². The third-order valence-electron chi connectivity index (χ3n) is 4.64. The first-order valence-corrected chi connectivity index (χ1v) is 8.23. The van der Waals surface area contributed by atoms with Gasteiger partial charge in [-0.3, -0.25) is 0 Å². The molecular weight excluding hydrogens is 304 g/mol. The number of rotatable bonds is 2. The maximum absolute atomic E-state index is 12.5. The monoisotopic (exact) mass is 327 g/mol. The zero-order valence-electron chi connectivity index (χ0n) is 14.6. The van der Waals surface area contributed by atoms with E-state index in [1.807, 2.05) is 58.0 Å². The van der Waals surface area contributed by atoms with E-state index in [9.17, 15) is 10.0 Å². The van der Waals surface area contributed by atoms with Crippen molar-refractivity contribution in [3.63, 3.8) is 0 Å². The van der Waals surface area contributed by atoms with E-state index < -0.39 is 17.0 Å². The summed E-state index contributed by atoms with van der Waals surface area (Å²) in [6, 6.07) is 11.2. The highest BCUT2D eigenvalue weighted by atomic mass is 16.5. The Morgan fingerprint density at radius 3 is 2.38 bits per heavy atom. The second-order valence-electron chi connectivity index (χ2n) is 7.74. The van der Waals surface area contributed by atoms with Crippen LogP contribution in [0.15, 0.2) is 36.4 Å². The van der Waals surface area contributed by atoms with Crippen molar-refractivity contribution in [1.29, 1.82) is 0 Å². The van der Waals surface area contributed by atoms with Gasteiger partial charge in [-0.05, 0) is 39.8 Å². The number of carbonyl (C=O) groups is 1. The number of nitrogens with zero attached hydrogens (tertiary/aromatic N) is 2. The second-order valence-corrected chi connectivity index (χ2v) is 7.74. The number of aromatic nitrogens is 1. The van der Waals surface area contributed by atoms with E-state index in [1.165, 1.54) is 0 Å². The van der Waals surface area contributed by atoms with Gasteiger partial charge in [0, 0.05) is 29.3 Å². The molecule has 24 heavy (non-hydrogen) atoms. The van der Waals surface area contributed by atoms with Gasteiger partial charge < -0.3 is 4.74 Å². The summed E-state index contributed by atoms with van der Waals surface area (Å²) in [6.07, 6.45) is 0.736. The number of hydrogen-bond acceptors (Lipinski definition) is 4. The molecular formula is C19H23N2O3. The predicted octanol–water partition coefficient (Wildman–Crippen LogP) is 3.76. The highest BCUT2D eigenvalue weighted by Crippen LogP contribution is 2.38. The molecule has 1 radical (unpaired) electrons. The number of hydroxylamine groups is 2. The minimum atomic E-state index is -0.566. The standard InChI is InChI=1S/C19H23N2O3/c1-18(2)11-14(12-19(3,4)21(18)23)24-17(22)16-10-9-13-7-5-6-8-15(13)20-16/h5-10,14H,11-12H2,1-4H3. The molecule has 0 amide bonds. The number of ether oxygens (including phenoxy) is 1. The maximum atomic E-state index is 12.5. The Labute approximate surface area is 142 Å². The third kappa shape index (κ3) is 3.14.